The first-order valence-corrected chi connectivity index (χ1v) is 38.4. The molecule has 0 fully saturated rings. The van der Waals surface area contributed by atoms with E-state index in [0.29, 0.717) is 25.9 Å². The lowest BCUT2D eigenvalue weighted by Crippen LogP contribution is -2.45. The summed E-state index contributed by atoms with van der Waals surface area (Å²) in [6, 6.07) is -0.538. The molecule has 0 aromatic heterocycles. The van der Waals surface area contributed by atoms with E-state index in [1.807, 2.05) is 0 Å². The maximum atomic E-state index is 12.6. The lowest BCUT2D eigenvalue weighted by atomic mass is 10.0. The van der Waals surface area contributed by atoms with Crippen LogP contribution in [0.25, 0.3) is 0 Å². The molecular weight excluding hydrogens is 1020 g/mol. The maximum absolute atomic E-state index is 12.6. The van der Waals surface area contributed by atoms with Crippen LogP contribution < -0.4 is 5.32 Å². The van der Waals surface area contributed by atoms with Crippen molar-refractivity contribution >= 4 is 11.9 Å². The predicted molar refractivity (Wildman–Crippen MR) is 366 cm³/mol. The molecule has 1 amide bonds. The fraction of sp³-hybridized carbons (Fsp3) is 0.948. The Morgan fingerprint density at radius 2 is 0.578 bits per heavy atom. The van der Waals surface area contributed by atoms with Crippen molar-refractivity contribution in [2.75, 3.05) is 13.2 Å². The highest BCUT2D eigenvalue weighted by Crippen LogP contribution is 2.20. The maximum Gasteiger partial charge on any atom is 0.305 e. The molecule has 0 heterocycles. The molecule has 0 aliphatic carbocycles. The summed E-state index contributed by atoms with van der Waals surface area (Å²) in [5, 5.41) is 23.5. The first-order valence-electron chi connectivity index (χ1n) is 38.4. The van der Waals surface area contributed by atoms with Crippen molar-refractivity contribution in [2.24, 2.45) is 0 Å². The third-order valence-electron chi connectivity index (χ3n) is 18.3. The minimum atomic E-state index is -0.662. The van der Waals surface area contributed by atoms with E-state index in [4.69, 9.17) is 4.74 Å². The van der Waals surface area contributed by atoms with Gasteiger partial charge in [-0.05, 0) is 44.9 Å². The quantitative estimate of drug-likeness (QED) is 0.0320. The molecule has 0 rings (SSSR count). The van der Waals surface area contributed by atoms with Crippen LogP contribution in [0.3, 0.4) is 0 Å². The second kappa shape index (κ2) is 73.1. The molecule has 2 atom stereocenters. The van der Waals surface area contributed by atoms with E-state index in [1.165, 1.54) is 366 Å². The van der Waals surface area contributed by atoms with E-state index in [-0.39, 0.29) is 18.5 Å². The summed E-state index contributed by atoms with van der Waals surface area (Å²) >= 11 is 0. The number of hydrogen-bond acceptors (Lipinski definition) is 5. The van der Waals surface area contributed by atoms with E-state index in [1.54, 1.807) is 0 Å². The Kier molecular flexibility index (Phi) is 71.8. The van der Waals surface area contributed by atoms with Crippen molar-refractivity contribution in [3.63, 3.8) is 0 Å². The van der Waals surface area contributed by atoms with Gasteiger partial charge >= 0.3 is 5.97 Å². The van der Waals surface area contributed by atoms with Gasteiger partial charge in [-0.1, -0.05) is 398 Å². The van der Waals surface area contributed by atoms with Gasteiger partial charge in [0.2, 0.25) is 5.91 Å². The molecule has 83 heavy (non-hydrogen) atoms. The molecule has 0 aliphatic rings. The molecule has 0 aromatic rings. The number of hydrogen-bond donors (Lipinski definition) is 3. The molecular formula is C77H151NO5. The number of carbonyl (C=O) groups excluding carboxylic acids is 2. The Hall–Kier alpha value is -1.40. The molecule has 0 saturated carbocycles. The molecule has 494 valence electrons. The number of aliphatic hydroxyl groups is 2. The molecule has 2 unspecified atom stereocenters. The molecule has 6 heteroatoms. The van der Waals surface area contributed by atoms with Crippen molar-refractivity contribution in [2.45, 2.75) is 456 Å². The second-order valence-corrected chi connectivity index (χ2v) is 26.7. The number of unbranched alkanes of at least 4 members (excludes halogenated alkanes) is 60. The van der Waals surface area contributed by atoms with Crippen molar-refractivity contribution in [3.05, 3.63) is 12.2 Å². The zero-order chi connectivity index (χ0) is 59.9. The minimum absolute atomic E-state index is 0.0111. The standard InChI is InChI=1S/C77H151NO5/c1-3-5-7-9-11-13-15-16-17-18-19-20-31-34-37-40-43-46-50-53-57-61-65-69-75(80)74(73-79)78-76(81)70-66-62-58-54-51-47-44-41-38-35-32-29-27-25-23-21-22-24-26-28-30-33-36-39-42-45-48-52-56-60-64-68-72-83-77(82)71-67-63-59-55-49-14-12-10-8-6-4-2/h10,12,74-75,79-80H,3-9,11,13-73H2,1-2H3,(H,78,81)/b12-10-. The molecule has 0 saturated heterocycles. The Bertz CT molecular complexity index is 1260. The highest BCUT2D eigenvalue weighted by Gasteiger charge is 2.20. The number of aliphatic hydroxyl groups excluding tert-OH is 2. The highest BCUT2D eigenvalue weighted by molar-refractivity contribution is 5.76. The van der Waals surface area contributed by atoms with Gasteiger partial charge in [0.05, 0.1) is 25.4 Å². The number of carbonyl (C=O) groups is 2. The second-order valence-electron chi connectivity index (χ2n) is 26.7. The van der Waals surface area contributed by atoms with Crippen LogP contribution in [0, 0.1) is 0 Å². The lowest BCUT2D eigenvalue weighted by molar-refractivity contribution is -0.143. The molecule has 0 radical (unpaired) electrons. The SMILES string of the molecule is CCCC/C=C\CCCCCCCC(=O)OCCCCCCCCCCCCCCCCCCCCCCCCCCCCCCCCCCC(=O)NC(CO)C(O)CCCCCCCCCCCCCCCCCCCCCCCCC. The van der Waals surface area contributed by atoms with Gasteiger partial charge in [0.25, 0.3) is 0 Å². The third kappa shape index (κ3) is 69.6. The zero-order valence-electron chi connectivity index (χ0n) is 56.7. The molecule has 0 aliphatic heterocycles. The average molecular weight is 1170 g/mol. The summed E-state index contributed by atoms with van der Waals surface area (Å²) in [6.07, 6.45) is 91.6. The van der Waals surface area contributed by atoms with Gasteiger partial charge in [-0.2, -0.15) is 0 Å². The number of allylic oxidation sites excluding steroid dienone is 2. The van der Waals surface area contributed by atoms with Gasteiger partial charge in [-0.25, -0.2) is 0 Å². The number of nitrogens with one attached hydrogen (secondary N) is 1. The number of amides is 1. The smallest absolute Gasteiger partial charge is 0.305 e. The van der Waals surface area contributed by atoms with Crippen molar-refractivity contribution in [1.82, 2.24) is 5.32 Å². The van der Waals surface area contributed by atoms with E-state index in [2.05, 4.69) is 31.3 Å². The van der Waals surface area contributed by atoms with Crippen molar-refractivity contribution < 1.29 is 24.5 Å². The zero-order valence-corrected chi connectivity index (χ0v) is 56.7. The summed E-state index contributed by atoms with van der Waals surface area (Å²) in [5.74, 6) is -0.0135. The average Bonchev–Trinajstić information content (AvgIpc) is 3.49. The van der Waals surface area contributed by atoms with Gasteiger partial charge in [0.1, 0.15) is 0 Å². The molecule has 0 bridgehead atoms. The van der Waals surface area contributed by atoms with Crippen LogP contribution in [0.2, 0.25) is 0 Å². The van der Waals surface area contributed by atoms with E-state index >= 15 is 0 Å². The highest BCUT2D eigenvalue weighted by atomic mass is 16.5. The van der Waals surface area contributed by atoms with Crippen LogP contribution in [0.15, 0.2) is 12.2 Å². The molecule has 0 aromatic carbocycles. The summed E-state index contributed by atoms with van der Waals surface area (Å²) in [4.78, 5) is 24.6. The van der Waals surface area contributed by atoms with Gasteiger partial charge in [-0.3, -0.25) is 9.59 Å². The van der Waals surface area contributed by atoms with Crippen LogP contribution in [-0.2, 0) is 14.3 Å². The Labute approximate surface area is 520 Å². The third-order valence-corrected chi connectivity index (χ3v) is 18.3. The minimum Gasteiger partial charge on any atom is -0.466 e. The van der Waals surface area contributed by atoms with Crippen LogP contribution in [0.1, 0.15) is 444 Å². The first-order chi connectivity index (χ1) is 41.0. The fourth-order valence-electron chi connectivity index (χ4n) is 12.5. The largest absolute Gasteiger partial charge is 0.466 e. The van der Waals surface area contributed by atoms with Crippen molar-refractivity contribution in [3.8, 4) is 0 Å². The lowest BCUT2D eigenvalue weighted by Gasteiger charge is -2.22. The number of ether oxygens (including phenoxy) is 1. The van der Waals surface area contributed by atoms with Gasteiger partial charge in [-0.15, -0.1) is 0 Å². The van der Waals surface area contributed by atoms with Crippen LogP contribution in [0.4, 0.5) is 0 Å². The van der Waals surface area contributed by atoms with Crippen LogP contribution in [0.5, 0.6) is 0 Å². The molecule has 0 spiro atoms. The normalized spacial score (nSPS) is 12.5. The fourth-order valence-corrected chi connectivity index (χ4v) is 12.5. The van der Waals surface area contributed by atoms with E-state index in [9.17, 15) is 19.8 Å². The van der Waals surface area contributed by atoms with Gasteiger partial charge < -0.3 is 20.3 Å². The summed E-state index contributed by atoms with van der Waals surface area (Å²) in [7, 11) is 0. The Balaban J connectivity index is 3.33. The van der Waals surface area contributed by atoms with E-state index in [0.717, 1.165) is 44.9 Å². The first kappa shape index (κ1) is 81.6. The summed E-state index contributed by atoms with van der Waals surface area (Å²) in [5.41, 5.74) is 0. The number of rotatable bonds is 73. The molecule has 3 N–H and O–H groups in total. The Morgan fingerprint density at radius 1 is 0.325 bits per heavy atom. The van der Waals surface area contributed by atoms with Gasteiger partial charge in [0.15, 0.2) is 0 Å². The van der Waals surface area contributed by atoms with Crippen LogP contribution in [-0.4, -0.2) is 47.4 Å². The summed E-state index contributed by atoms with van der Waals surface area (Å²) in [6.45, 7) is 4.97. The predicted octanol–water partition coefficient (Wildman–Crippen LogP) is 25.1. The number of esters is 1. The van der Waals surface area contributed by atoms with E-state index < -0.39 is 12.1 Å². The van der Waals surface area contributed by atoms with Gasteiger partial charge in [0, 0.05) is 12.8 Å². The Morgan fingerprint density at radius 3 is 0.892 bits per heavy atom. The van der Waals surface area contributed by atoms with Crippen LogP contribution >= 0.6 is 0 Å². The molecule has 6 nitrogen and oxygen atoms in total. The van der Waals surface area contributed by atoms with Crippen molar-refractivity contribution in [1.29, 1.82) is 0 Å². The monoisotopic (exact) mass is 1170 g/mol. The summed E-state index contributed by atoms with van der Waals surface area (Å²) < 4.78 is 5.47. The topological polar surface area (TPSA) is 95.9 Å².